The third-order valence-corrected chi connectivity index (χ3v) is 3.98. The molecule has 18 heavy (non-hydrogen) atoms. The Balaban J connectivity index is 2.33. The minimum atomic E-state index is -0.774. The lowest BCUT2D eigenvalue weighted by Gasteiger charge is -2.37. The van der Waals surface area contributed by atoms with E-state index in [1.807, 2.05) is 0 Å². The van der Waals surface area contributed by atoms with Crippen LogP contribution >= 0.6 is 0 Å². The Morgan fingerprint density at radius 3 is 2.89 bits per heavy atom. The molecule has 5 nitrogen and oxygen atoms in total. The standard InChI is InChI=1S/C13H21NO4/c1-3-18-12(16)13-8-5-4-6-10(15)14(13)11(17-2)7-9-13/h11H,3-9H2,1-2H3/t11-,13+/m0/s1. The van der Waals surface area contributed by atoms with Crippen LogP contribution in [0.1, 0.15) is 45.4 Å². The molecule has 0 saturated carbocycles. The van der Waals surface area contributed by atoms with Gasteiger partial charge in [-0.05, 0) is 39.0 Å². The van der Waals surface area contributed by atoms with Gasteiger partial charge in [-0.2, -0.15) is 0 Å². The number of fused-ring (bicyclic) bond motifs is 1. The molecule has 2 aliphatic heterocycles. The molecule has 0 aromatic heterocycles. The Labute approximate surface area is 107 Å². The molecule has 0 radical (unpaired) electrons. The van der Waals surface area contributed by atoms with Gasteiger partial charge in [-0.1, -0.05) is 0 Å². The van der Waals surface area contributed by atoms with Crippen molar-refractivity contribution < 1.29 is 19.1 Å². The highest BCUT2D eigenvalue weighted by molar-refractivity contribution is 5.89. The average Bonchev–Trinajstić information content (AvgIpc) is 2.66. The molecular weight excluding hydrogens is 234 g/mol. The number of methoxy groups -OCH3 is 1. The predicted octanol–water partition coefficient (Wildman–Crippen LogP) is 1.46. The van der Waals surface area contributed by atoms with Crippen LogP contribution in [0.5, 0.6) is 0 Å². The van der Waals surface area contributed by atoms with Gasteiger partial charge in [0.2, 0.25) is 5.91 Å². The van der Waals surface area contributed by atoms with Gasteiger partial charge in [0, 0.05) is 13.5 Å². The van der Waals surface area contributed by atoms with E-state index in [1.165, 1.54) is 0 Å². The van der Waals surface area contributed by atoms with Gasteiger partial charge in [0.05, 0.1) is 6.61 Å². The number of amides is 1. The Bertz CT molecular complexity index is 344. The maximum Gasteiger partial charge on any atom is 0.332 e. The van der Waals surface area contributed by atoms with Gasteiger partial charge in [0.15, 0.2) is 0 Å². The van der Waals surface area contributed by atoms with Crippen molar-refractivity contribution in [3.05, 3.63) is 0 Å². The van der Waals surface area contributed by atoms with E-state index in [0.29, 0.717) is 32.3 Å². The third kappa shape index (κ3) is 2.00. The van der Waals surface area contributed by atoms with Gasteiger partial charge in [-0.25, -0.2) is 4.79 Å². The lowest BCUT2D eigenvalue weighted by molar-refractivity contribution is -0.169. The second-order valence-electron chi connectivity index (χ2n) is 4.95. The zero-order valence-electron chi connectivity index (χ0n) is 11.1. The molecular formula is C13H21NO4. The number of hydrogen-bond donors (Lipinski definition) is 0. The third-order valence-electron chi connectivity index (χ3n) is 3.98. The van der Waals surface area contributed by atoms with E-state index in [1.54, 1.807) is 18.9 Å². The topological polar surface area (TPSA) is 55.8 Å². The molecule has 2 atom stereocenters. The Morgan fingerprint density at radius 2 is 2.22 bits per heavy atom. The number of carbonyl (C=O) groups is 2. The zero-order chi connectivity index (χ0) is 13.2. The summed E-state index contributed by atoms with van der Waals surface area (Å²) in [6.07, 6.45) is 4.00. The van der Waals surface area contributed by atoms with Crippen LogP contribution in [-0.2, 0) is 19.1 Å². The molecule has 2 aliphatic rings. The summed E-state index contributed by atoms with van der Waals surface area (Å²) in [4.78, 5) is 26.2. The fourth-order valence-electron chi connectivity index (χ4n) is 3.14. The minimum Gasteiger partial charge on any atom is -0.464 e. The minimum absolute atomic E-state index is 0.0184. The van der Waals surface area contributed by atoms with E-state index >= 15 is 0 Å². The summed E-state index contributed by atoms with van der Waals surface area (Å²) in [5.74, 6) is -0.246. The molecule has 0 aromatic carbocycles. The molecule has 2 fully saturated rings. The van der Waals surface area contributed by atoms with Crippen LogP contribution in [0.15, 0.2) is 0 Å². The maximum absolute atomic E-state index is 12.3. The first kappa shape index (κ1) is 13.3. The lowest BCUT2D eigenvalue weighted by Crippen LogP contribution is -2.55. The molecule has 0 aromatic rings. The summed E-state index contributed by atoms with van der Waals surface area (Å²) in [6, 6.07) is 0. The Kier molecular flexibility index (Phi) is 3.90. The summed E-state index contributed by atoms with van der Waals surface area (Å²) >= 11 is 0. The van der Waals surface area contributed by atoms with E-state index in [2.05, 4.69) is 0 Å². The Hall–Kier alpha value is -1.10. The van der Waals surface area contributed by atoms with Crippen molar-refractivity contribution in [1.82, 2.24) is 4.90 Å². The van der Waals surface area contributed by atoms with Crippen LogP contribution in [0.25, 0.3) is 0 Å². The van der Waals surface area contributed by atoms with Crippen LogP contribution in [-0.4, -0.2) is 42.3 Å². The van der Waals surface area contributed by atoms with E-state index < -0.39 is 5.54 Å². The lowest BCUT2D eigenvalue weighted by atomic mass is 9.91. The van der Waals surface area contributed by atoms with Gasteiger partial charge >= 0.3 is 5.97 Å². The smallest absolute Gasteiger partial charge is 0.332 e. The van der Waals surface area contributed by atoms with Crippen molar-refractivity contribution >= 4 is 11.9 Å². The largest absolute Gasteiger partial charge is 0.464 e. The molecule has 0 spiro atoms. The first-order valence-electron chi connectivity index (χ1n) is 6.68. The maximum atomic E-state index is 12.3. The molecule has 5 heteroatoms. The summed E-state index contributed by atoms with van der Waals surface area (Å²) < 4.78 is 10.6. The molecule has 0 bridgehead atoms. The monoisotopic (exact) mass is 255 g/mol. The molecule has 2 saturated heterocycles. The van der Waals surface area contributed by atoms with Gasteiger partial charge in [-0.3, -0.25) is 4.79 Å². The molecule has 0 unspecified atom stereocenters. The highest BCUT2D eigenvalue weighted by Crippen LogP contribution is 2.41. The van der Waals surface area contributed by atoms with Crippen LogP contribution < -0.4 is 0 Å². The van der Waals surface area contributed by atoms with Crippen molar-refractivity contribution in [3.8, 4) is 0 Å². The normalized spacial score (nSPS) is 32.0. The number of ether oxygens (including phenoxy) is 2. The van der Waals surface area contributed by atoms with Crippen LogP contribution in [0, 0.1) is 0 Å². The second-order valence-corrected chi connectivity index (χ2v) is 4.95. The predicted molar refractivity (Wildman–Crippen MR) is 64.7 cm³/mol. The summed E-state index contributed by atoms with van der Waals surface area (Å²) in [6.45, 7) is 2.14. The molecule has 0 aliphatic carbocycles. The molecule has 0 N–H and O–H groups in total. The number of hydrogen-bond acceptors (Lipinski definition) is 4. The number of rotatable bonds is 3. The van der Waals surface area contributed by atoms with Gasteiger partial charge < -0.3 is 14.4 Å². The molecule has 1 amide bonds. The fraction of sp³-hybridized carbons (Fsp3) is 0.846. The van der Waals surface area contributed by atoms with E-state index in [-0.39, 0.29) is 18.1 Å². The van der Waals surface area contributed by atoms with Crippen molar-refractivity contribution in [2.75, 3.05) is 13.7 Å². The van der Waals surface area contributed by atoms with Crippen molar-refractivity contribution in [1.29, 1.82) is 0 Å². The quantitative estimate of drug-likeness (QED) is 0.716. The van der Waals surface area contributed by atoms with E-state index in [4.69, 9.17) is 9.47 Å². The van der Waals surface area contributed by atoms with Crippen molar-refractivity contribution in [3.63, 3.8) is 0 Å². The summed E-state index contributed by atoms with van der Waals surface area (Å²) in [7, 11) is 1.59. The fourth-order valence-corrected chi connectivity index (χ4v) is 3.14. The number of carbonyl (C=O) groups excluding carboxylic acids is 2. The van der Waals surface area contributed by atoms with Crippen LogP contribution in [0.2, 0.25) is 0 Å². The molecule has 102 valence electrons. The Morgan fingerprint density at radius 1 is 1.44 bits per heavy atom. The van der Waals surface area contributed by atoms with E-state index in [0.717, 1.165) is 12.8 Å². The first-order chi connectivity index (χ1) is 8.65. The van der Waals surface area contributed by atoms with Gasteiger partial charge in [0.25, 0.3) is 0 Å². The summed E-state index contributed by atoms with van der Waals surface area (Å²) in [5, 5.41) is 0. The number of esters is 1. The summed E-state index contributed by atoms with van der Waals surface area (Å²) in [5.41, 5.74) is -0.774. The average molecular weight is 255 g/mol. The molecule has 2 rings (SSSR count). The van der Waals surface area contributed by atoms with Crippen molar-refractivity contribution in [2.45, 2.75) is 57.2 Å². The van der Waals surface area contributed by atoms with Crippen LogP contribution in [0.4, 0.5) is 0 Å². The highest BCUT2D eigenvalue weighted by Gasteiger charge is 2.55. The van der Waals surface area contributed by atoms with Crippen molar-refractivity contribution in [2.24, 2.45) is 0 Å². The van der Waals surface area contributed by atoms with Gasteiger partial charge in [-0.15, -0.1) is 0 Å². The van der Waals surface area contributed by atoms with Crippen LogP contribution in [0.3, 0.4) is 0 Å². The molecule has 2 heterocycles. The van der Waals surface area contributed by atoms with E-state index in [9.17, 15) is 9.59 Å². The first-order valence-corrected chi connectivity index (χ1v) is 6.68. The highest BCUT2D eigenvalue weighted by atomic mass is 16.5. The SMILES string of the molecule is CCOC(=O)[C@]12CCCCC(=O)N1[C@@H](OC)CC2. The zero-order valence-corrected chi connectivity index (χ0v) is 11.1. The second kappa shape index (κ2) is 5.26. The van der Waals surface area contributed by atoms with Gasteiger partial charge in [0.1, 0.15) is 11.8 Å². The number of nitrogens with zero attached hydrogens (tertiary/aromatic N) is 1.